The second-order valence-corrected chi connectivity index (χ2v) is 3.82. The highest BCUT2D eigenvalue weighted by molar-refractivity contribution is 5.96. The summed E-state index contributed by atoms with van der Waals surface area (Å²) >= 11 is 0. The molecular formula is C13H18O2. The first-order valence-electron chi connectivity index (χ1n) is 5.24. The van der Waals surface area contributed by atoms with Crippen LogP contribution in [0.2, 0.25) is 0 Å². The van der Waals surface area contributed by atoms with Crippen LogP contribution in [0.5, 0.6) is 0 Å². The molecule has 0 amide bonds. The second kappa shape index (κ2) is 5.66. The van der Waals surface area contributed by atoms with E-state index in [4.69, 9.17) is 4.74 Å². The zero-order valence-electron chi connectivity index (χ0n) is 9.67. The molecule has 0 spiro atoms. The minimum absolute atomic E-state index is 0.204. The number of Topliss-reactive ketones (excluding diaryl/α,β-unsaturated/α-hetero) is 1. The molecule has 82 valence electrons. The summed E-state index contributed by atoms with van der Waals surface area (Å²) in [7, 11) is 1.65. The lowest BCUT2D eigenvalue weighted by Gasteiger charge is -2.04. The SMILES string of the molecule is COCCCC(=O)c1ccc(C)c(C)c1. The maximum absolute atomic E-state index is 11.7. The van der Waals surface area contributed by atoms with Gasteiger partial charge in [0.2, 0.25) is 0 Å². The molecule has 0 aliphatic rings. The summed E-state index contributed by atoms with van der Waals surface area (Å²) in [6.45, 7) is 4.73. The van der Waals surface area contributed by atoms with Gasteiger partial charge in [0.05, 0.1) is 0 Å². The lowest BCUT2D eigenvalue weighted by molar-refractivity contribution is 0.0963. The number of hydrogen-bond acceptors (Lipinski definition) is 2. The van der Waals surface area contributed by atoms with Crippen molar-refractivity contribution in [3.05, 3.63) is 34.9 Å². The van der Waals surface area contributed by atoms with E-state index in [0.29, 0.717) is 13.0 Å². The molecule has 15 heavy (non-hydrogen) atoms. The molecule has 1 aromatic carbocycles. The Kier molecular flexibility index (Phi) is 4.50. The van der Waals surface area contributed by atoms with E-state index in [1.165, 1.54) is 11.1 Å². The average Bonchev–Trinajstić information content (AvgIpc) is 2.22. The Labute approximate surface area is 91.3 Å². The summed E-state index contributed by atoms with van der Waals surface area (Å²) in [5.74, 6) is 0.204. The molecule has 0 unspecified atom stereocenters. The van der Waals surface area contributed by atoms with E-state index in [0.717, 1.165) is 12.0 Å². The molecular weight excluding hydrogens is 188 g/mol. The minimum Gasteiger partial charge on any atom is -0.385 e. The Morgan fingerprint density at radius 2 is 2.00 bits per heavy atom. The van der Waals surface area contributed by atoms with Gasteiger partial charge in [0.25, 0.3) is 0 Å². The van der Waals surface area contributed by atoms with Crippen molar-refractivity contribution in [2.24, 2.45) is 0 Å². The number of hydrogen-bond donors (Lipinski definition) is 0. The van der Waals surface area contributed by atoms with E-state index in [1.807, 2.05) is 25.1 Å². The third-order valence-electron chi connectivity index (χ3n) is 2.58. The summed E-state index contributed by atoms with van der Waals surface area (Å²) < 4.78 is 4.92. The molecule has 0 radical (unpaired) electrons. The van der Waals surface area contributed by atoms with Gasteiger partial charge in [-0.25, -0.2) is 0 Å². The van der Waals surface area contributed by atoms with Crippen molar-refractivity contribution >= 4 is 5.78 Å². The fourth-order valence-corrected chi connectivity index (χ4v) is 1.44. The second-order valence-electron chi connectivity index (χ2n) is 3.82. The van der Waals surface area contributed by atoms with E-state index >= 15 is 0 Å². The van der Waals surface area contributed by atoms with Crippen molar-refractivity contribution < 1.29 is 9.53 Å². The van der Waals surface area contributed by atoms with Crippen LogP contribution in [0.25, 0.3) is 0 Å². The first kappa shape index (κ1) is 11.9. The number of ketones is 1. The third-order valence-corrected chi connectivity index (χ3v) is 2.58. The van der Waals surface area contributed by atoms with Crippen LogP contribution in [0.3, 0.4) is 0 Å². The lowest BCUT2D eigenvalue weighted by Crippen LogP contribution is -2.02. The quantitative estimate of drug-likeness (QED) is 0.547. The van der Waals surface area contributed by atoms with E-state index in [1.54, 1.807) is 7.11 Å². The van der Waals surface area contributed by atoms with Crippen molar-refractivity contribution in [2.45, 2.75) is 26.7 Å². The molecule has 2 nitrogen and oxygen atoms in total. The summed E-state index contributed by atoms with van der Waals surface area (Å²) in [4.78, 5) is 11.7. The molecule has 0 aromatic heterocycles. The van der Waals surface area contributed by atoms with Gasteiger partial charge in [-0.1, -0.05) is 12.1 Å². The molecule has 0 aliphatic heterocycles. The van der Waals surface area contributed by atoms with Crippen molar-refractivity contribution in [1.29, 1.82) is 0 Å². The molecule has 0 saturated carbocycles. The van der Waals surface area contributed by atoms with E-state index in [2.05, 4.69) is 6.92 Å². The number of benzene rings is 1. The molecule has 0 N–H and O–H groups in total. The zero-order chi connectivity index (χ0) is 11.3. The third kappa shape index (κ3) is 3.48. The van der Waals surface area contributed by atoms with Crippen LogP contribution in [0.1, 0.15) is 34.3 Å². The number of ether oxygens (including phenoxy) is 1. The van der Waals surface area contributed by atoms with Gasteiger partial charge >= 0.3 is 0 Å². The van der Waals surface area contributed by atoms with Gasteiger partial charge in [-0.3, -0.25) is 4.79 Å². The Hall–Kier alpha value is -1.15. The number of methoxy groups -OCH3 is 1. The predicted octanol–water partition coefficient (Wildman–Crippen LogP) is 2.91. The molecule has 0 aliphatic carbocycles. The average molecular weight is 206 g/mol. The van der Waals surface area contributed by atoms with Crippen LogP contribution in [-0.4, -0.2) is 19.5 Å². The van der Waals surface area contributed by atoms with Gasteiger partial charge in [0.1, 0.15) is 0 Å². The van der Waals surface area contributed by atoms with Gasteiger partial charge in [0, 0.05) is 25.7 Å². The van der Waals surface area contributed by atoms with Gasteiger partial charge in [-0.2, -0.15) is 0 Å². The monoisotopic (exact) mass is 206 g/mol. The van der Waals surface area contributed by atoms with Gasteiger partial charge in [0.15, 0.2) is 5.78 Å². The number of rotatable bonds is 5. The topological polar surface area (TPSA) is 26.3 Å². The number of carbonyl (C=O) groups is 1. The molecule has 0 atom stereocenters. The Morgan fingerprint density at radius 3 is 2.60 bits per heavy atom. The largest absolute Gasteiger partial charge is 0.385 e. The highest BCUT2D eigenvalue weighted by atomic mass is 16.5. The molecule has 0 saturated heterocycles. The van der Waals surface area contributed by atoms with Crippen molar-refractivity contribution in [3.63, 3.8) is 0 Å². The van der Waals surface area contributed by atoms with Crippen molar-refractivity contribution in [3.8, 4) is 0 Å². The van der Waals surface area contributed by atoms with Crippen LogP contribution < -0.4 is 0 Å². The van der Waals surface area contributed by atoms with Crippen molar-refractivity contribution in [2.75, 3.05) is 13.7 Å². The zero-order valence-corrected chi connectivity index (χ0v) is 9.67. The standard InChI is InChI=1S/C13H18O2/c1-10-6-7-12(9-11(10)2)13(14)5-4-8-15-3/h6-7,9H,4-5,8H2,1-3H3. The van der Waals surface area contributed by atoms with Gasteiger partial charge in [-0.15, -0.1) is 0 Å². The first-order valence-corrected chi connectivity index (χ1v) is 5.24. The fraction of sp³-hybridized carbons (Fsp3) is 0.462. The van der Waals surface area contributed by atoms with Crippen LogP contribution in [-0.2, 0) is 4.74 Å². The highest BCUT2D eigenvalue weighted by Crippen LogP contribution is 2.12. The summed E-state index contributed by atoms with van der Waals surface area (Å²) in [6, 6.07) is 5.86. The molecule has 2 heteroatoms. The molecule has 1 aromatic rings. The van der Waals surface area contributed by atoms with E-state index in [9.17, 15) is 4.79 Å². The van der Waals surface area contributed by atoms with Gasteiger partial charge in [-0.05, 0) is 37.5 Å². The molecule has 1 rings (SSSR count). The molecule has 0 bridgehead atoms. The summed E-state index contributed by atoms with van der Waals surface area (Å²) in [6.07, 6.45) is 1.36. The Morgan fingerprint density at radius 1 is 1.27 bits per heavy atom. The van der Waals surface area contributed by atoms with E-state index in [-0.39, 0.29) is 5.78 Å². The lowest BCUT2D eigenvalue weighted by atomic mass is 10.0. The normalized spacial score (nSPS) is 10.3. The Bertz CT molecular complexity index is 342. The minimum atomic E-state index is 0.204. The number of carbonyl (C=O) groups excluding carboxylic acids is 1. The van der Waals surface area contributed by atoms with Crippen LogP contribution in [0, 0.1) is 13.8 Å². The summed E-state index contributed by atoms with van der Waals surface area (Å²) in [5, 5.41) is 0. The first-order chi connectivity index (χ1) is 7.15. The van der Waals surface area contributed by atoms with Crippen LogP contribution in [0.15, 0.2) is 18.2 Å². The highest BCUT2D eigenvalue weighted by Gasteiger charge is 2.06. The molecule has 0 fully saturated rings. The van der Waals surface area contributed by atoms with Crippen molar-refractivity contribution in [1.82, 2.24) is 0 Å². The predicted molar refractivity (Wildman–Crippen MR) is 61.4 cm³/mol. The van der Waals surface area contributed by atoms with Gasteiger partial charge < -0.3 is 4.74 Å². The van der Waals surface area contributed by atoms with E-state index < -0.39 is 0 Å². The smallest absolute Gasteiger partial charge is 0.162 e. The molecule has 0 heterocycles. The van der Waals surface area contributed by atoms with Crippen LogP contribution in [0.4, 0.5) is 0 Å². The maximum atomic E-state index is 11.7. The fourth-order valence-electron chi connectivity index (χ4n) is 1.44. The Balaban J connectivity index is 2.62. The maximum Gasteiger partial charge on any atom is 0.162 e. The van der Waals surface area contributed by atoms with Crippen LogP contribution >= 0.6 is 0 Å². The number of aryl methyl sites for hydroxylation is 2. The summed E-state index contributed by atoms with van der Waals surface area (Å²) in [5.41, 5.74) is 3.21.